The summed E-state index contributed by atoms with van der Waals surface area (Å²) < 4.78 is 14.2. The van der Waals surface area contributed by atoms with E-state index in [2.05, 4.69) is 31.0 Å². The number of para-hydroxylation sites is 1. The number of nitrogens with one attached hydrogen (secondary N) is 1. The second-order valence-corrected chi connectivity index (χ2v) is 6.63. The van der Waals surface area contributed by atoms with Gasteiger partial charge in [-0.15, -0.1) is 0 Å². The minimum atomic E-state index is -0.107. The predicted octanol–water partition coefficient (Wildman–Crippen LogP) is 3.66. The first-order valence-electron chi connectivity index (χ1n) is 7.68. The van der Waals surface area contributed by atoms with Gasteiger partial charge in [-0.3, -0.25) is 0 Å². The van der Waals surface area contributed by atoms with Crippen LogP contribution in [0.4, 0.5) is 10.1 Å². The number of nitrogens with zero attached hydrogens (tertiary/aromatic N) is 1. The van der Waals surface area contributed by atoms with Gasteiger partial charge in [0.2, 0.25) is 0 Å². The van der Waals surface area contributed by atoms with Crippen LogP contribution in [0.25, 0.3) is 0 Å². The molecule has 2 atom stereocenters. The second kappa shape index (κ2) is 6.57. The molecule has 0 saturated heterocycles. The molecule has 0 amide bonds. The van der Waals surface area contributed by atoms with Crippen molar-refractivity contribution in [3.05, 3.63) is 29.6 Å². The fourth-order valence-corrected chi connectivity index (χ4v) is 2.72. The van der Waals surface area contributed by atoms with Gasteiger partial charge >= 0.3 is 0 Å². The van der Waals surface area contributed by atoms with E-state index in [4.69, 9.17) is 0 Å². The summed E-state index contributed by atoms with van der Waals surface area (Å²) in [5.74, 6) is 2.03. The highest BCUT2D eigenvalue weighted by molar-refractivity contribution is 5.54. The molecule has 1 aliphatic carbocycles. The summed E-state index contributed by atoms with van der Waals surface area (Å²) >= 11 is 0. The molecule has 1 saturated carbocycles. The summed E-state index contributed by atoms with van der Waals surface area (Å²) in [7, 11) is 2.01. The number of hydrogen-bond acceptors (Lipinski definition) is 2. The summed E-state index contributed by atoms with van der Waals surface area (Å²) in [5.41, 5.74) is 1.82. The Bertz CT molecular complexity index is 445. The van der Waals surface area contributed by atoms with Crippen LogP contribution in [0.5, 0.6) is 0 Å². The number of rotatable bonds is 7. The molecule has 2 nitrogen and oxygen atoms in total. The molecule has 1 aromatic rings. The Labute approximate surface area is 122 Å². The molecule has 1 fully saturated rings. The fourth-order valence-electron chi connectivity index (χ4n) is 2.72. The lowest BCUT2D eigenvalue weighted by atomic mass is 10.1. The van der Waals surface area contributed by atoms with Crippen LogP contribution in [-0.2, 0) is 6.54 Å². The molecule has 20 heavy (non-hydrogen) atoms. The summed E-state index contributed by atoms with van der Waals surface area (Å²) in [6, 6.07) is 5.39. The van der Waals surface area contributed by atoms with Gasteiger partial charge in [-0.2, -0.15) is 0 Å². The monoisotopic (exact) mass is 278 g/mol. The molecule has 0 spiro atoms. The van der Waals surface area contributed by atoms with Gasteiger partial charge in [-0.25, -0.2) is 4.39 Å². The molecule has 1 aromatic carbocycles. The van der Waals surface area contributed by atoms with Crippen LogP contribution in [0.2, 0.25) is 0 Å². The predicted molar refractivity (Wildman–Crippen MR) is 83.5 cm³/mol. The van der Waals surface area contributed by atoms with Crippen LogP contribution >= 0.6 is 0 Å². The van der Waals surface area contributed by atoms with E-state index in [0.717, 1.165) is 42.7 Å². The summed E-state index contributed by atoms with van der Waals surface area (Å²) in [6.07, 6.45) is 1.28. The fraction of sp³-hybridized carbons (Fsp3) is 0.647. The zero-order valence-electron chi connectivity index (χ0n) is 13.1. The Morgan fingerprint density at radius 3 is 2.70 bits per heavy atom. The molecule has 0 radical (unpaired) electrons. The number of halogens is 1. The molecule has 0 heterocycles. The van der Waals surface area contributed by atoms with E-state index in [1.165, 1.54) is 6.42 Å². The van der Waals surface area contributed by atoms with Crippen LogP contribution < -0.4 is 10.2 Å². The van der Waals surface area contributed by atoms with Crippen molar-refractivity contribution in [3.8, 4) is 0 Å². The molecule has 1 N–H and O–H groups in total. The van der Waals surface area contributed by atoms with Crippen molar-refractivity contribution in [2.24, 2.45) is 17.8 Å². The first-order chi connectivity index (χ1) is 9.49. The van der Waals surface area contributed by atoms with E-state index in [9.17, 15) is 4.39 Å². The average Bonchev–Trinajstić information content (AvgIpc) is 3.04. The Hall–Kier alpha value is -1.09. The van der Waals surface area contributed by atoms with E-state index in [1.807, 2.05) is 13.1 Å². The first kappa shape index (κ1) is 15.3. The maximum absolute atomic E-state index is 14.2. The largest absolute Gasteiger partial charge is 0.372 e. The van der Waals surface area contributed by atoms with Gasteiger partial charge in [-0.05, 0) is 42.3 Å². The van der Waals surface area contributed by atoms with Crippen LogP contribution in [0.15, 0.2) is 18.2 Å². The van der Waals surface area contributed by atoms with Gasteiger partial charge in [0.1, 0.15) is 5.82 Å². The molecule has 1 aliphatic rings. The van der Waals surface area contributed by atoms with Crippen LogP contribution in [0.3, 0.4) is 0 Å². The lowest BCUT2D eigenvalue weighted by Gasteiger charge is -2.23. The third kappa shape index (κ3) is 3.95. The number of benzene rings is 1. The smallest absolute Gasteiger partial charge is 0.146 e. The third-order valence-corrected chi connectivity index (χ3v) is 4.10. The summed E-state index contributed by atoms with van der Waals surface area (Å²) in [6.45, 7) is 9.28. The van der Waals surface area contributed by atoms with Gasteiger partial charge in [0.25, 0.3) is 0 Å². The summed E-state index contributed by atoms with van der Waals surface area (Å²) in [5, 5.41) is 3.41. The molecule has 2 unspecified atom stereocenters. The van der Waals surface area contributed by atoms with E-state index < -0.39 is 0 Å². The second-order valence-electron chi connectivity index (χ2n) is 6.63. The highest BCUT2D eigenvalue weighted by atomic mass is 19.1. The molecule has 0 bridgehead atoms. The standard InChI is InChI=1S/C17H27FN2/c1-12(2)9-19-10-14-6-5-7-16(18)17(14)20(4)11-15-8-13(15)3/h5-7,12-13,15,19H,8-11H2,1-4H3. The van der Waals surface area contributed by atoms with E-state index in [1.54, 1.807) is 12.1 Å². The maximum Gasteiger partial charge on any atom is 0.146 e. The maximum atomic E-state index is 14.2. The van der Waals surface area contributed by atoms with E-state index in [0.29, 0.717) is 5.92 Å². The van der Waals surface area contributed by atoms with Gasteiger partial charge in [-0.1, -0.05) is 32.9 Å². The number of anilines is 1. The lowest BCUT2D eigenvalue weighted by molar-refractivity contribution is 0.549. The lowest BCUT2D eigenvalue weighted by Crippen LogP contribution is -2.25. The Kier molecular flexibility index (Phi) is 5.03. The topological polar surface area (TPSA) is 15.3 Å². The highest BCUT2D eigenvalue weighted by Gasteiger charge is 2.33. The molecule has 3 heteroatoms. The van der Waals surface area contributed by atoms with Gasteiger partial charge in [0.05, 0.1) is 5.69 Å². The van der Waals surface area contributed by atoms with Gasteiger partial charge in [0.15, 0.2) is 0 Å². The zero-order chi connectivity index (χ0) is 14.7. The van der Waals surface area contributed by atoms with Crippen molar-refractivity contribution in [1.82, 2.24) is 5.32 Å². The van der Waals surface area contributed by atoms with Crippen molar-refractivity contribution >= 4 is 5.69 Å². The minimum Gasteiger partial charge on any atom is -0.372 e. The minimum absolute atomic E-state index is 0.107. The van der Waals surface area contributed by atoms with Crippen LogP contribution in [-0.4, -0.2) is 20.1 Å². The molecular formula is C17H27FN2. The average molecular weight is 278 g/mol. The Balaban J connectivity index is 2.04. The molecule has 2 rings (SSSR count). The quantitative estimate of drug-likeness (QED) is 0.819. The van der Waals surface area contributed by atoms with E-state index >= 15 is 0 Å². The normalized spacial score (nSPS) is 21.3. The van der Waals surface area contributed by atoms with Gasteiger partial charge < -0.3 is 10.2 Å². The van der Waals surface area contributed by atoms with Crippen molar-refractivity contribution in [3.63, 3.8) is 0 Å². The molecule has 0 aromatic heterocycles. The highest BCUT2D eigenvalue weighted by Crippen LogP contribution is 2.39. The molecular weight excluding hydrogens is 251 g/mol. The van der Waals surface area contributed by atoms with Gasteiger partial charge in [0, 0.05) is 20.1 Å². The zero-order valence-corrected chi connectivity index (χ0v) is 13.1. The van der Waals surface area contributed by atoms with E-state index in [-0.39, 0.29) is 5.82 Å². The van der Waals surface area contributed by atoms with Crippen molar-refractivity contribution in [2.45, 2.75) is 33.7 Å². The Morgan fingerprint density at radius 2 is 2.10 bits per heavy atom. The molecule has 0 aliphatic heterocycles. The third-order valence-electron chi connectivity index (χ3n) is 4.10. The molecule has 112 valence electrons. The first-order valence-corrected chi connectivity index (χ1v) is 7.68. The van der Waals surface area contributed by atoms with Crippen LogP contribution in [0.1, 0.15) is 32.8 Å². The summed E-state index contributed by atoms with van der Waals surface area (Å²) in [4.78, 5) is 2.09. The Morgan fingerprint density at radius 1 is 1.40 bits per heavy atom. The van der Waals surface area contributed by atoms with Crippen molar-refractivity contribution in [2.75, 3.05) is 25.0 Å². The SMILES string of the molecule is CC(C)CNCc1cccc(F)c1N(C)CC1CC1C. The van der Waals surface area contributed by atoms with Crippen molar-refractivity contribution < 1.29 is 4.39 Å². The number of hydrogen-bond donors (Lipinski definition) is 1. The van der Waals surface area contributed by atoms with Crippen LogP contribution in [0, 0.1) is 23.6 Å². The van der Waals surface area contributed by atoms with Crippen molar-refractivity contribution in [1.29, 1.82) is 0 Å².